The molecular formula is C16H22F3N3OSi. The Balaban J connectivity index is 2.18. The number of pyridine rings is 1. The number of hydrogen-bond donors (Lipinski definition) is 0. The normalized spacial score (nSPS) is 12.8. The van der Waals surface area contributed by atoms with E-state index in [1.54, 1.807) is 11.6 Å². The van der Waals surface area contributed by atoms with E-state index in [-0.39, 0.29) is 12.3 Å². The lowest BCUT2D eigenvalue weighted by molar-refractivity contribution is -0.0686. The zero-order chi connectivity index (χ0) is 18.1. The number of nitrogens with zero attached hydrogens (tertiary/aromatic N) is 3. The number of aryl methyl sites for hydroxylation is 1. The molecule has 0 aliphatic carbocycles. The first kappa shape index (κ1) is 18.7. The summed E-state index contributed by atoms with van der Waals surface area (Å²) in [6, 6.07) is 2.47. The zero-order valence-electron chi connectivity index (χ0n) is 14.4. The highest BCUT2D eigenvalue weighted by Crippen LogP contribution is 2.33. The van der Waals surface area contributed by atoms with Crippen molar-refractivity contribution < 1.29 is 17.9 Å². The predicted molar refractivity (Wildman–Crippen MR) is 91.5 cm³/mol. The average molecular weight is 357 g/mol. The zero-order valence-corrected chi connectivity index (χ0v) is 15.4. The molecule has 4 nitrogen and oxygen atoms in total. The smallest absolute Gasteiger partial charge is 0.359 e. The van der Waals surface area contributed by atoms with Crippen LogP contribution in [-0.2, 0) is 11.5 Å². The highest BCUT2D eigenvalue weighted by atomic mass is 28.3. The Kier molecular flexibility index (Phi) is 5.19. The molecule has 2 heterocycles. The van der Waals surface area contributed by atoms with E-state index in [1.807, 2.05) is 0 Å². The monoisotopic (exact) mass is 357 g/mol. The fourth-order valence-electron chi connectivity index (χ4n) is 2.16. The average Bonchev–Trinajstić information content (AvgIpc) is 2.77. The molecule has 2 rings (SSSR count). The standard InChI is InChI=1S/C16H22F3N3OSi/c1-11(16(17,18)19)13-8-14-12(2)21-22(15(14)20-9-13)10-23-6-7-24(3,4)5/h8-9H,1,6-7,10H2,2-5H3. The molecule has 0 unspecified atom stereocenters. The van der Waals surface area contributed by atoms with Crippen LogP contribution >= 0.6 is 0 Å². The summed E-state index contributed by atoms with van der Waals surface area (Å²) in [6.07, 6.45) is -3.29. The quantitative estimate of drug-likeness (QED) is 0.559. The molecule has 0 radical (unpaired) electrons. The molecule has 0 saturated heterocycles. The second kappa shape index (κ2) is 6.68. The van der Waals surface area contributed by atoms with E-state index in [1.165, 1.54) is 12.3 Å². The molecule has 0 aromatic carbocycles. The van der Waals surface area contributed by atoms with Crippen molar-refractivity contribution in [1.82, 2.24) is 14.8 Å². The third-order valence-corrected chi connectivity index (χ3v) is 5.38. The first-order valence-corrected chi connectivity index (χ1v) is 11.4. The molecule has 0 bridgehead atoms. The summed E-state index contributed by atoms with van der Waals surface area (Å²) >= 11 is 0. The van der Waals surface area contributed by atoms with Gasteiger partial charge in [-0.1, -0.05) is 26.2 Å². The maximum Gasteiger partial charge on any atom is 0.416 e. The van der Waals surface area contributed by atoms with Gasteiger partial charge in [-0.05, 0) is 19.0 Å². The van der Waals surface area contributed by atoms with Gasteiger partial charge in [0.1, 0.15) is 6.73 Å². The fourth-order valence-corrected chi connectivity index (χ4v) is 2.92. The highest BCUT2D eigenvalue weighted by molar-refractivity contribution is 6.76. The predicted octanol–water partition coefficient (Wildman–Crippen LogP) is 4.63. The van der Waals surface area contributed by atoms with Gasteiger partial charge in [0.05, 0.1) is 11.3 Å². The van der Waals surface area contributed by atoms with Crippen molar-refractivity contribution >= 4 is 24.7 Å². The number of halogens is 3. The number of ether oxygens (including phenoxy) is 1. The molecule has 0 amide bonds. The van der Waals surface area contributed by atoms with Gasteiger partial charge in [-0.25, -0.2) is 9.67 Å². The van der Waals surface area contributed by atoms with Gasteiger partial charge in [-0.3, -0.25) is 0 Å². The number of hydrogen-bond acceptors (Lipinski definition) is 3. The molecule has 24 heavy (non-hydrogen) atoms. The van der Waals surface area contributed by atoms with E-state index in [0.717, 1.165) is 6.04 Å². The van der Waals surface area contributed by atoms with Gasteiger partial charge >= 0.3 is 6.18 Å². The summed E-state index contributed by atoms with van der Waals surface area (Å²) < 4.78 is 45.6. The molecule has 0 fully saturated rings. The van der Waals surface area contributed by atoms with Crippen LogP contribution in [0.2, 0.25) is 25.7 Å². The molecule has 0 saturated carbocycles. The van der Waals surface area contributed by atoms with E-state index in [2.05, 4.69) is 36.3 Å². The van der Waals surface area contributed by atoms with E-state index in [9.17, 15) is 13.2 Å². The Morgan fingerprint density at radius 2 is 2.00 bits per heavy atom. The van der Waals surface area contributed by atoms with Crippen molar-refractivity contribution in [3.05, 3.63) is 30.1 Å². The fraction of sp³-hybridized carbons (Fsp3) is 0.500. The van der Waals surface area contributed by atoms with Crippen molar-refractivity contribution in [2.75, 3.05) is 6.61 Å². The van der Waals surface area contributed by atoms with Crippen molar-refractivity contribution in [1.29, 1.82) is 0 Å². The summed E-state index contributed by atoms with van der Waals surface area (Å²) in [6.45, 7) is 12.5. The largest absolute Gasteiger partial charge is 0.416 e. The second-order valence-electron chi connectivity index (χ2n) is 7.00. The second-order valence-corrected chi connectivity index (χ2v) is 12.6. The van der Waals surface area contributed by atoms with Crippen molar-refractivity contribution in [3.63, 3.8) is 0 Å². The Hall–Kier alpha value is -1.67. The van der Waals surface area contributed by atoms with Gasteiger partial charge in [-0.2, -0.15) is 18.3 Å². The van der Waals surface area contributed by atoms with Gasteiger partial charge < -0.3 is 4.74 Å². The van der Waals surface area contributed by atoms with Gasteiger partial charge in [-0.15, -0.1) is 0 Å². The van der Waals surface area contributed by atoms with Gasteiger partial charge in [0.15, 0.2) is 5.65 Å². The molecule has 8 heteroatoms. The lowest BCUT2D eigenvalue weighted by Gasteiger charge is -2.15. The Labute approximate surface area is 140 Å². The Bertz CT molecular complexity index is 747. The minimum Gasteiger partial charge on any atom is -0.359 e. The van der Waals surface area contributed by atoms with Crippen LogP contribution < -0.4 is 0 Å². The number of fused-ring (bicyclic) bond motifs is 1. The van der Waals surface area contributed by atoms with E-state index < -0.39 is 19.8 Å². The summed E-state index contributed by atoms with van der Waals surface area (Å²) in [7, 11) is -1.17. The molecule has 0 atom stereocenters. The van der Waals surface area contributed by atoms with E-state index in [4.69, 9.17) is 4.74 Å². The minimum absolute atomic E-state index is 0.0442. The summed E-state index contributed by atoms with van der Waals surface area (Å²) in [5, 5.41) is 4.89. The van der Waals surface area contributed by atoms with Crippen molar-refractivity contribution in [3.8, 4) is 0 Å². The molecule has 0 N–H and O–H groups in total. The van der Waals surface area contributed by atoms with Crippen LogP contribution in [0.15, 0.2) is 18.8 Å². The molecule has 0 spiro atoms. The molecule has 132 valence electrons. The van der Waals surface area contributed by atoms with Crippen molar-refractivity contribution in [2.45, 2.75) is 45.5 Å². The number of rotatable bonds is 6. The maximum absolute atomic E-state index is 12.8. The SMILES string of the molecule is C=C(c1cnc2c(c1)c(C)nn2COCC[Si](C)(C)C)C(F)(F)F. The topological polar surface area (TPSA) is 39.9 Å². The maximum atomic E-state index is 12.8. The third kappa shape index (κ3) is 4.45. The van der Waals surface area contributed by atoms with E-state index in [0.29, 0.717) is 23.3 Å². The van der Waals surface area contributed by atoms with Crippen LogP contribution in [0, 0.1) is 6.92 Å². The number of aromatic nitrogens is 3. The summed E-state index contributed by atoms with van der Waals surface area (Å²) in [5.74, 6) is 0. The van der Waals surface area contributed by atoms with Crippen LogP contribution in [0.4, 0.5) is 13.2 Å². The van der Waals surface area contributed by atoms with Crippen molar-refractivity contribution in [2.24, 2.45) is 0 Å². The first-order valence-electron chi connectivity index (χ1n) is 7.66. The molecule has 0 aliphatic heterocycles. The first-order chi connectivity index (χ1) is 11.0. The highest BCUT2D eigenvalue weighted by Gasteiger charge is 2.33. The van der Waals surface area contributed by atoms with Gasteiger partial charge in [0.2, 0.25) is 0 Å². The summed E-state index contributed by atoms with van der Waals surface area (Å²) in [4.78, 5) is 4.13. The number of alkyl halides is 3. The molecule has 2 aromatic heterocycles. The Morgan fingerprint density at radius 1 is 1.33 bits per heavy atom. The van der Waals surface area contributed by atoms with Gasteiger partial charge in [0, 0.05) is 31.8 Å². The summed E-state index contributed by atoms with van der Waals surface area (Å²) in [5.41, 5.74) is 0.176. The van der Waals surface area contributed by atoms with Crippen LogP contribution in [0.25, 0.3) is 16.6 Å². The lowest BCUT2D eigenvalue weighted by Crippen LogP contribution is -2.22. The molecule has 0 aliphatic rings. The number of allylic oxidation sites excluding steroid dienone is 1. The lowest BCUT2D eigenvalue weighted by atomic mass is 10.1. The van der Waals surface area contributed by atoms with Crippen LogP contribution in [0.5, 0.6) is 0 Å². The minimum atomic E-state index is -4.47. The van der Waals surface area contributed by atoms with Crippen LogP contribution in [0.3, 0.4) is 0 Å². The van der Waals surface area contributed by atoms with Crippen LogP contribution in [-0.4, -0.2) is 35.6 Å². The molecular weight excluding hydrogens is 335 g/mol. The molecule has 2 aromatic rings. The Morgan fingerprint density at radius 3 is 2.58 bits per heavy atom. The third-order valence-electron chi connectivity index (χ3n) is 3.67. The van der Waals surface area contributed by atoms with Gasteiger partial charge in [0.25, 0.3) is 0 Å². The van der Waals surface area contributed by atoms with Crippen LogP contribution in [0.1, 0.15) is 11.3 Å². The van der Waals surface area contributed by atoms with E-state index >= 15 is 0 Å².